The molecule has 152 valence electrons. The molecular weight excluding hydrogens is 388 g/mol. The number of aliphatic hydroxyl groups is 1. The molecule has 7 heteroatoms. The van der Waals surface area contributed by atoms with E-state index in [0.29, 0.717) is 16.5 Å². The normalized spacial score (nSPS) is 12.2. The van der Waals surface area contributed by atoms with Gasteiger partial charge in [0.1, 0.15) is 0 Å². The van der Waals surface area contributed by atoms with E-state index in [1.165, 1.54) is 0 Å². The van der Waals surface area contributed by atoms with Crippen LogP contribution in [0, 0.1) is 5.92 Å². The molecule has 2 N–H and O–H groups in total. The molecule has 3 aromatic rings. The second-order valence-electron chi connectivity index (χ2n) is 7.51. The number of aromatic nitrogens is 3. The van der Waals surface area contributed by atoms with E-state index in [-0.39, 0.29) is 18.6 Å². The first-order valence-corrected chi connectivity index (χ1v) is 9.96. The van der Waals surface area contributed by atoms with Crippen LogP contribution in [0.1, 0.15) is 31.1 Å². The van der Waals surface area contributed by atoms with Gasteiger partial charge in [0.05, 0.1) is 23.0 Å². The second-order valence-corrected chi connectivity index (χ2v) is 7.95. The van der Waals surface area contributed by atoms with Crippen molar-refractivity contribution in [2.24, 2.45) is 5.92 Å². The van der Waals surface area contributed by atoms with Crippen molar-refractivity contribution in [3.63, 3.8) is 0 Å². The molecular formula is C22H25ClN4O2. The summed E-state index contributed by atoms with van der Waals surface area (Å²) >= 11 is 5.97. The summed E-state index contributed by atoms with van der Waals surface area (Å²) < 4.78 is 1.94. The zero-order valence-corrected chi connectivity index (χ0v) is 17.5. The first-order valence-electron chi connectivity index (χ1n) is 9.58. The molecule has 1 unspecified atom stereocenters. The molecule has 0 aliphatic carbocycles. The van der Waals surface area contributed by atoms with Crippen LogP contribution in [0.15, 0.2) is 48.8 Å². The Balaban J connectivity index is 2.09. The van der Waals surface area contributed by atoms with Crippen LogP contribution in [0.25, 0.3) is 22.5 Å². The van der Waals surface area contributed by atoms with Gasteiger partial charge in [0.15, 0.2) is 0 Å². The van der Waals surface area contributed by atoms with Crippen molar-refractivity contribution in [3.05, 3.63) is 59.4 Å². The molecule has 3 rings (SSSR count). The van der Waals surface area contributed by atoms with Gasteiger partial charge in [-0.2, -0.15) is 5.10 Å². The van der Waals surface area contributed by atoms with Gasteiger partial charge >= 0.3 is 0 Å². The molecule has 1 atom stereocenters. The third-order valence-corrected chi connectivity index (χ3v) is 4.64. The smallest absolute Gasteiger partial charge is 0.251 e. The fourth-order valence-corrected chi connectivity index (χ4v) is 3.13. The highest BCUT2D eigenvalue weighted by Crippen LogP contribution is 2.28. The van der Waals surface area contributed by atoms with E-state index in [1.807, 2.05) is 28.9 Å². The Bertz CT molecular complexity index is 983. The Hall–Kier alpha value is -2.70. The Morgan fingerprint density at radius 2 is 1.93 bits per heavy atom. The summed E-state index contributed by atoms with van der Waals surface area (Å²) in [5.74, 6) is 0.182. The lowest BCUT2D eigenvalue weighted by atomic mass is 10.00. The highest BCUT2D eigenvalue weighted by molar-refractivity contribution is 6.30. The quantitative estimate of drug-likeness (QED) is 0.613. The van der Waals surface area contributed by atoms with Crippen LogP contribution in [-0.2, 0) is 6.54 Å². The third kappa shape index (κ3) is 5.22. The number of nitrogens with zero attached hydrogens (tertiary/aromatic N) is 3. The van der Waals surface area contributed by atoms with Gasteiger partial charge in [-0.05, 0) is 49.2 Å². The van der Waals surface area contributed by atoms with Gasteiger partial charge in [0, 0.05) is 41.7 Å². The standard InChI is InChI=1S/C22H25ClN4O2/c1-14(2)12-27-21(6-7-25-27)17-8-16(20-5-4-19(23)11-24-20)9-18(10-17)22(29)26-15(3)13-28/h4-11,14-15,28H,12-13H2,1-3H3,(H,26,29). The van der Waals surface area contributed by atoms with Gasteiger partial charge in [-0.3, -0.25) is 14.5 Å². The molecule has 0 saturated heterocycles. The average molecular weight is 413 g/mol. The SMILES string of the molecule is CC(C)Cn1nccc1-c1cc(C(=O)NC(C)CO)cc(-c2ccc(Cl)cn2)c1. The first kappa shape index (κ1) is 21.0. The molecule has 1 aromatic carbocycles. The molecule has 0 bridgehead atoms. The van der Waals surface area contributed by atoms with Crippen molar-refractivity contribution in [3.8, 4) is 22.5 Å². The number of rotatable bonds is 7. The maximum Gasteiger partial charge on any atom is 0.251 e. The number of nitrogens with one attached hydrogen (secondary N) is 1. The molecule has 0 radical (unpaired) electrons. The predicted octanol–water partition coefficient (Wildman–Crippen LogP) is 4.03. The van der Waals surface area contributed by atoms with Crippen LogP contribution < -0.4 is 5.32 Å². The number of hydrogen-bond donors (Lipinski definition) is 2. The summed E-state index contributed by atoms with van der Waals surface area (Å²) in [5.41, 5.74) is 3.82. The fourth-order valence-electron chi connectivity index (χ4n) is 3.02. The van der Waals surface area contributed by atoms with Gasteiger partial charge < -0.3 is 10.4 Å². The molecule has 0 fully saturated rings. The van der Waals surface area contributed by atoms with Crippen LogP contribution in [-0.4, -0.2) is 38.4 Å². The van der Waals surface area contributed by atoms with Crippen molar-refractivity contribution in [2.45, 2.75) is 33.4 Å². The van der Waals surface area contributed by atoms with Gasteiger partial charge in [0.25, 0.3) is 5.91 Å². The molecule has 2 heterocycles. The topological polar surface area (TPSA) is 80.0 Å². The van der Waals surface area contributed by atoms with Crippen molar-refractivity contribution in [1.29, 1.82) is 0 Å². The number of pyridine rings is 1. The fraction of sp³-hybridized carbons (Fsp3) is 0.318. The number of aliphatic hydroxyl groups excluding tert-OH is 1. The molecule has 0 aliphatic rings. The van der Waals surface area contributed by atoms with Gasteiger partial charge in [-0.25, -0.2) is 0 Å². The van der Waals surface area contributed by atoms with E-state index in [9.17, 15) is 9.90 Å². The second kappa shape index (κ2) is 9.20. The van der Waals surface area contributed by atoms with E-state index >= 15 is 0 Å². The van der Waals surface area contributed by atoms with Crippen molar-refractivity contribution >= 4 is 17.5 Å². The molecule has 29 heavy (non-hydrogen) atoms. The number of amides is 1. The van der Waals surface area contributed by atoms with Crippen LogP contribution >= 0.6 is 11.6 Å². The maximum atomic E-state index is 12.7. The van der Waals surface area contributed by atoms with Gasteiger partial charge in [-0.1, -0.05) is 25.4 Å². The number of halogens is 1. The summed E-state index contributed by atoms with van der Waals surface area (Å²) in [4.78, 5) is 17.1. The van der Waals surface area contributed by atoms with E-state index in [4.69, 9.17) is 11.6 Å². The molecule has 0 spiro atoms. The minimum absolute atomic E-state index is 0.127. The Kier molecular flexibility index (Phi) is 6.67. The van der Waals surface area contributed by atoms with Crippen LogP contribution in [0.4, 0.5) is 0 Å². The molecule has 1 amide bonds. The minimum atomic E-state index is -0.338. The lowest BCUT2D eigenvalue weighted by molar-refractivity contribution is 0.0922. The van der Waals surface area contributed by atoms with Gasteiger partial charge in [0.2, 0.25) is 0 Å². The van der Waals surface area contributed by atoms with Crippen molar-refractivity contribution in [1.82, 2.24) is 20.1 Å². The van der Waals surface area contributed by atoms with Crippen molar-refractivity contribution < 1.29 is 9.90 Å². The molecule has 6 nitrogen and oxygen atoms in total. The number of hydrogen-bond acceptors (Lipinski definition) is 4. The van der Waals surface area contributed by atoms with E-state index < -0.39 is 0 Å². The van der Waals surface area contributed by atoms with E-state index in [2.05, 4.69) is 29.2 Å². The minimum Gasteiger partial charge on any atom is -0.394 e. The highest BCUT2D eigenvalue weighted by Gasteiger charge is 2.15. The summed E-state index contributed by atoms with van der Waals surface area (Å²) in [6.45, 7) is 6.66. The first-order chi connectivity index (χ1) is 13.9. The van der Waals surface area contributed by atoms with E-state index in [0.717, 1.165) is 29.1 Å². The molecule has 2 aromatic heterocycles. The number of carbonyl (C=O) groups is 1. The summed E-state index contributed by atoms with van der Waals surface area (Å²) in [5, 5.41) is 17.0. The highest BCUT2D eigenvalue weighted by atomic mass is 35.5. The average Bonchev–Trinajstić information content (AvgIpc) is 3.15. The molecule has 0 aliphatic heterocycles. The summed E-state index contributed by atoms with van der Waals surface area (Å²) in [6.07, 6.45) is 3.35. The van der Waals surface area contributed by atoms with Crippen molar-refractivity contribution in [2.75, 3.05) is 6.61 Å². The summed E-state index contributed by atoms with van der Waals surface area (Å²) in [7, 11) is 0. The largest absolute Gasteiger partial charge is 0.394 e. The van der Waals surface area contributed by atoms with Crippen LogP contribution in [0.5, 0.6) is 0 Å². The third-order valence-electron chi connectivity index (χ3n) is 4.42. The zero-order valence-electron chi connectivity index (χ0n) is 16.8. The van der Waals surface area contributed by atoms with Crippen LogP contribution in [0.2, 0.25) is 5.02 Å². The monoisotopic (exact) mass is 412 g/mol. The Morgan fingerprint density at radius 3 is 2.59 bits per heavy atom. The van der Waals surface area contributed by atoms with E-state index in [1.54, 1.807) is 31.5 Å². The Morgan fingerprint density at radius 1 is 1.17 bits per heavy atom. The summed E-state index contributed by atoms with van der Waals surface area (Å²) in [6, 6.07) is 10.8. The predicted molar refractivity (Wildman–Crippen MR) is 115 cm³/mol. The Labute approximate surface area is 175 Å². The number of benzene rings is 1. The number of carbonyl (C=O) groups excluding carboxylic acids is 1. The van der Waals surface area contributed by atoms with Crippen LogP contribution in [0.3, 0.4) is 0 Å². The maximum absolute atomic E-state index is 12.7. The lowest BCUT2D eigenvalue weighted by Gasteiger charge is -2.15. The molecule has 0 saturated carbocycles. The zero-order chi connectivity index (χ0) is 21.0. The lowest BCUT2D eigenvalue weighted by Crippen LogP contribution is -2.35. The van der Waals surface area contributed by atoms with Gasteiger partial charge in [-0.15, -0.1) is 0 Å².